The summed E-state index contributed by atoms with van der Waals surface area (Å²) in [5.41, 5.74) is 11.1. The maximum Gasteiger partial charge on any atom is 2.00 e. The van der Waals surface area contributed by atoms with Gasteiger partial charge in [0, 0.05) is 0 Å². The summed E-state index contributed by atoms with van der Waals surface area (Å²) in [4.78, 5) is 0. The van der Waals surface area contributed by atoms with Gasteiger partial charge in [-0.05, 0) is 17.4 Å². The predicted molar refractivity (Wildman–Crippen MR) is 192 cm³/mol. The molecule has 6 aromatic rings. The van der Waals surface area contributed by atoms with Crippen molar-refractivity contribution in [2.45, 2.75) is 46.5 Å². The first-order valence-corrected chi connectivity index (χ1v) is 15.7. The van der Waals surface area contributed by atoms with Crippen LogP contribution in [-0.4, -0.2) is 0 Å². The van der Waals surface area contributed by atoms with Crippen LogP contribution in [0.2, 0.25) is 0 Å². The largest absolute Gasteiger partial charge is 2.00 e. The van der Waals surface area contributed by atoms with Gasteiger partial charge >= 0.3 is 26.2 Å². The van der Waals surface area contributed by atoms with E-state index in [-0.39, 0.29) is 26.2 Å². The van der Waals surface area contributed by atoms with E-state index >= 15 is 0 Å². The summed E-state index contributed by atoms with van der Waals surface area (Å²) in [5.74, 6) is 1.21. The molecule has 0 bridgehead atoms. The third-order valence-corrected chi connectivity index (χ3v) is 7.88. The van der Waals surface area contributed by atoms with Crippen LogP contribution in [0.15, 0.2) is 146 Å². The van der Waals surface area contributed by atoms with Crippen LogP contribution in [0.3, 0.4) is 0 Å². The van der Waals surface area contributed by atoms with E-state index in [9.17, 15) is 0 Å². The van der Waals surface area contributed by atoms with E-state index in [2.05, 4.69) is 162 Å². The molecule has 0 fully saturated rings. The topological polar surface area (TPSA) is 0 Å². The summed E-state index contributed by atoms with van der Waals surface area (Å²) in [7, 11) is 0. The summed E-state index contributed by atoms with van der Waals surface area (Å²) in [6.45, 7) is 11.3. The molecule has 0 heterocycles. The molecule has 0 radical (unpaired) electrons. The predicted octanol–water partition coefficient (Wildman–Crippen LogP) is 12.3. The Morgan fingerprint density at radius 3 is 1.71 bits per heavy atom. The number of benzene rings is 5. The van der Waals surface area contributed by atoms with Crippen molar-refractivity contribution in [2.75, 3.05) is 0 Å². The first-order valence-electron chi connectivity index (χ1n) is 15.7. The van der Waals surface area contributed by atoms with Crippen LogP contribution in [0, 0.1) is 13.0 Å². The molecule has 0 aromatic heterocycles. The second-order valence-corrected chi connectivity index (χ2v) is 12.0. The molecule has 0 aliphatic carbocycles. The average Bonchev–Trinajstić information content (AvgIpc) is 3.44. The van der Waals surface area contributed by atoms with Gasteiger partial charge in [0.1, 0.15) is 0 Å². The number of fused-ring (bicyclic) bond motifs is 1. The second-order valence-electron chi connectivity index (χ2n) is 12.0. The SMILES string of the molecule is Cc1cc2c(C(C)C)cc(C(C)C)cc2[cH-]1.[C-](=C(/C(=C\c1ccccc1)c1ccccc1)c1ccccc1)c1ccccc1.[Zr+2]. The van der Waals surface area contributed by atoms with Crippen molar-refractivity contribution < 1.29 is 26.2 Å². The van der Waals surface area contributed by atoms with Crippen LogP contribution in [-0.2, 0) is 26.2 Å². The van der Waals surface area contributed by atoms with Gasteiger partial charge in [0.25, 0.3) is 0 Å². The summed E-state index contributed by atoms with van der Waals surface area (Å²) in [6, 6.07) is 51.1. The van der Waals surface area contributed by atoms with Gasteiger partial charge in [0.05, 0.1) is 0 Å². The normalized spacial score (nSPS) is 11.7. The van der Waals surface area contributed by atoms with Gasteiger partial charge in [0.2, 0.25) is 0 Å². The van der Waals surface area contributed by atoms with E-state index in [1.807, 2.05) is 30.3 Å². The zero-order valence-corrected chi connectivity index (χ0v) is 29.5. The van der Waals surface area contributed by atoms with Gasteiger partial charge < -0.3 is 0 Å². The zero-order chi connectivity index (χ0) is 30.9. The minimum Gasteiger partial charge on any atom is -0.165 e. The van der Waals surface area contributed by atoms with Crippen molar-refractivity contribution in [1.29, 1.82) is 0 Å². The molecule has 6 aromatic carbocycles. The molecule has 6 rings (SSSR count). The monoisotopic (exact) mass is 660 g/mol. The molecular weight excluding hydrogens is 620 g/mol. The molecule has 222 valence electrons. The second kappa shape index (κ2) is 16.4. The maximum absolute atomic E-state index is 3.66. The molecule has 0 saturated heterocycles. The minimum absolute atomic E-state index is 0. The Balaban J connectivity index is 0.000000231. The van der Waals surface area contributed by atoms with Crippen LogP contribution in [0.1, 0.15) is 78.5 Å². The number of allylic oxidation sites excluding steroid dienone is 2. The van der Waals surface area contributed by atoms with Gasteiger partial charge in [-0.2, -0.15) is 6.07 Å². The van der Waals surface area contributed by atoms with Crippen molar-refractivity contribution in [3.8, 4) is 0 Å². The summed E-state index contributed by atoms with van der Waals surface area (Å²) in [5, 5.41) is 2.85. The number of hydrogen-bond acceptors (Lipinski definition) is 0. The Morgan fingerprint density at radius 2 is 1.16 bits per heavy atom. The number of hydrogen-bond donors (Lipinski definition) is 0. The molecule has 0 atom stereocenters. The van der Waals surface area contributed by atoms with Crippen molar-refractivity contribution in [3.05, 3.63) is 191 Å². The molecule has 0 unspecified atom stereocenters. The first-order chi connectivity index (χ1) is 21.4. The quantitative estimate of drug-likeness (QED) is 0.0907. The van der Waals surface area contributed by atoms with E-state index in [4.69, 9.17) is 0 Å². The molecular formula is C44H42Zr. The minimum atomic E-state index is 0. The van der Waals surface area contributed by atoms with Gasteiger partial charge in [0.15, 0.2) is 0 Å². The molecule has 0 saturated carbocycles. The molecule has 0 aliphatic heterocycles. The van der Waals surface area contributed by atoms with Crippen molar-refractivity contribution in [3.63, 3.8) is 0 Å². The van der Waals surface area contributed by atoms with Gasteiger partial charge in [-0.15, -0.1) is 57.8 Å². The molecule has 0 amide bonds. The van der Waals surface area contributed by atoms with E-state index in [1.165, 1.54) is 38.6 Å². The third-order valence-electron chi connectivity index (χ3n) is 7.88. The van der Waals surface area contributed by atoms with Crippen molar-refractivity contribution in [1.82, 2.24) is 0 Å². The molecule has 0 N–H and O–H groups in total. The van der Waals surface area contributed by atoms with Gasteiger partial charge in [-0.25, -0.2) is 0 Å². The molecule has 0 spiro atoms. The van der Waals surface area contributed by atoms with E-state index in [0.717, 1.165) is 22.3 Å². The first kappa shape index (κ1) is 34.0. The number of rotatable bonds is 7. The van der Waals surface area contributed by atoms with E-state index in [1.54, 1.807) is 0 Å². The third kappa shape index (κ3) is 9.06. The maximum atomic E-state index is 3.66. The van der Waals surface area contributed by atoms with Crippen LogP contribution in [0.5, 0.6) is 0 Å². The van der Waals surface area contributed by atoms with Crippen LogP contribution < -0.4 is 0 Å². The standard InChI is InChI=1S/C28H21.C16H21.Zr/c1-5-13-23(14-6-1)21-27(25-17-9-3-10-18-25)28(26-19-11-4-12-20-26)22-24-15-7-2-8-16-24;1-10(2)13-8-14-6-12(5)7-16(14)15(9-13)11(3)4;/h1-21H;6-11H,1-5H3;/q2*-1;+2/b27-21-;;. The Bertz CT molecular complexity index is 1730. The smallest absolute Gasteiger partial charge is 0.165 e. The number of aryl methyl sites for hydroxylation is 1. The summed E-state index contributed by atoms with van der Waals surface area (Å²) in [6.07, 6.45) is 5.91. The average molecular weight is 662 g/mol. The fraction of sp³-hybridized carbons (Fsp3) is 0.159. The summed E-state index contributed by atoms with van der Waals surface area (Å²) >= 11 is 0. The van der Waals surface area contributed by atoms with E-state index < -0.39 is 0 Å². The Labute approximate surface area is 289 Å². The van der Waals surface area contributed by atoms with Crippen molar-refractivity contribution in [2.24, 2.45) is 0 Å². The Morgan fingerprint density at radius 1 is 0.622 bits per heavy atom. The van der Waals surface area contributed by atoms with Crippen LogP contribution in [0.4, 0.5) is 0 Å². The molecule has 0 aliphatic rings. The zero-order valence-electron chi connectivity index (χ0n) is 27.1. The molecule has 45 heavy (non-hydrogen) atoms. The fourth-order valence-corrected chi connectivity index (χ4v) is 5.53. The molecule has 1 heteroatoms. The van der Waals surface area contributed by atoms with Gasteiger partial charge in [-0.1, -0.05) is 184 Å². The van der Waals surface area contributed by atoms with E-state index in [0.29, 0.717) is 11.8 Å². The molecule has 0 nitrogen and oxygen atoms in total. The Kier molecular flexibility index (Phi) is 12.4. The summed E-state index contributed by atoms with van der Waals surface area (Å²) < 4.78 is 0. The van der Waals surface area contributed by atoms with Crippen molar-refractivity contribution >= 4 is 28.0 Å². The van der Waals surface area contributed by atoms with Gasteiger partial charge in [-0.3, -0.25) is 0 Å². The fourth-order valence-electron chi connectivity index (χ4n) is 5.53. The Hall–Kier alpha value is -3.93. The van der Waals surface area contributed by atoms with Crippen LogP contribution >= 0.6 is 0 Å². The van der Waals surface area contributed by atoms with Crippen LogP contribution in [0.25, 0.3) is 28.0 Å².